The number of nitrogens with two attached hydrogens (primary N) is 1. The molecule has 1 aromatic carbocycles. The van der Waals surface area contributed by atoms with Crippen LogP contribution in [0.2, 0.25) is 0 Å². The van der Waals surface area contributed by atoms with Crippen molar-refractivity contribution in [3.8, 4) is 0 Å². The van der Waals surface area contributed by atoms with Crippen molar-refractivity contribution in [2.75, 3.05) is 0 Å². The van der Waals surface area contributed by atoms with Crippen molar-refractivity contribution < 1.29 is 0 Å². The predicted molar refractivity (Wildman–Crippen MR) is 92.0 cm³/mol. The van der Waals surface area contributed by atoms with Crippen molar-refractivity contribution in [1.29, 1.82) is 0 Å². The molecule has 1 unspecified atom stereocenters. The van der Waals surface area contributed by atoms with E-state index in [1.807, 2.05) is 30.3 Å². The van der Waals surface area contributed by atoms with Crippen LogP contribution in [0, 0.1) is 0 Å². The highest BCUT2D eigenvalue weighted by molar-refractivity contribution is 5.36. The van der Waals surface area contributed by atoms with Crippen LogP contribution in [0.4, 0.5) is 0 Å². The number of aromatic nitrogens is 6. The first-order valence-corrected chi connectivity index (χ1v) is 7.94. The second kappa shape index (κ2) is 6.33. The summed E-state index contributed by atoms with van der Waals surface area (Å²) in [5.41, 5.74) is 9.13. The molecule has 3 N–H and O–H groups in total. The Morgan fingerprint density at radius 3 is 2.88 bits per heavy atom. The molecular formula is C17H17N7O. The Bertz CT molecular complexity index is 1050. The van der Waals surface area contributed by atoms with Gasteiger partial charge in [-0.2, -0.15) is 0 Å². The number of nitrogens with one attached hydrogen (secondary N) is 1. The van der Waals surface area contributed by atoms with Gasteiger partial charge in [0.25, 0.3) is 5.56 Å². The van der Waals surface area contributed by atoms with E-state index in [-0.39, 0.29) is 11.6 Å². The van der Waals surface area contributed by atoms with Gasteiger partial charge in [-0.3, -0.25) is 9.89 Å². The van der Waals surface area contributed by atoms with Gasteiger partial charge in [0.1, 0.15) is 0 Å². The Labute approximate surface area is 142 Å². The third kappa shape index (κ3) is 3.20. The fourth-order valence-electron chi connectivity index (χ4n) is 2.76. The van der Waals surface area contributed by atoms with Crippen LogP contribution in [-0.2, 0) is 13.0 Å². The molecule has 0 aliphatic rings. The van der Waals surface area contributed by atoms with Crippen LogP contribution in [0.3, 0.4) is 0 Å². The van der Waals surface area contributed by atoms with Gasteiger partial charge in [-0.05, 0) is 12.0 Å². The zero-order chi connectivity index (χ0) is 17.2. The van der Waals surface area contributed by atoms with Crippen molar-refractivity contribution in [2.45, 2.75) is 19.0 Å². The summed E-state index contributed by atoms with van der Waals surface area (Å²) in [5.74, 6) is 0. The SMILES string of the molecule is NC(Cc1ccccc1)c1cn(Cc2cc(=O)n3[nH]ccc3n2)nn1. The van der Waals surface area contributed by atoms with Crippen molar-refractivity contribution in [3.63, 3.8) is 0 Å². The number of aromatic amines is 1. The van der Waals surface area contributed by atoms with E-state index in [9.17, 15) is 4.79 Å². The van der Waals surface area contributed by atoms with Gasteiger partial charge >= 0.3 is 0 Å². The normalized spacial score (nSPS) is 12.5. The van der Waals surface area contributed by atoms with E-state index in [0.717, 1.165) is 5.56 Å². The quantitative estimate of drug-likeness (QED) is 0.563. The molecule has 0 fully saturated rings. The number of fused-ring (bicyclic) bond motifs is 1. The van der Waals surface area contributed by atoms with Gasteiger partial charge in [-0.25, -0.2) is 14.2 Å². The molecule has 0 saturated heterocycles. The summed E-state index contributed by atoms with van der Waals surface area (Å²) < 4.78 is 3.02. The van der Waals surface area contributed by atoms with Crippen LogP contribution in [0.25, 0.3) is 5.65 Å². The fourth-order valence-corrected chi connectivity index (χ4v) is 2.76. The minimum Gasteiger partial charge on any atom is -0.322 e. The molecular weight excluding hydrogens is 318 g/mol. The summed E-state index contributed by atoms with van der Waals surface area (Å²) in [5, 5.41) is 11.1. The minimum absolute atomic E-state index is 0.161. The van der Waals surface area contributed by atoms with Gasteiger partial charge in [-0.1, -0.05) is 35.5 Å². The molecule has 0 saturated carbocycles. The summed E-state index contributed by atoms with van der Waals surface area (Å²) in [6.07, 6.45) is 4.16. The van der Waals surface area contributed by atoms with E-state index in [1.165, 1.54) is 10.6 Å². The van der Waals surface area contributed by atoms with Crippen LogP contribution in [0.1, 0.15) is 23.0 Å². The smallest absolute Gasteiger partial charge is 0.272 e. The van der Waals surface area contributed by atoms with E-state index in [4.69, 9.17) is 5.73 Å². The van der Waals surface area contributed by atoms with E-state index in [1.54, 1.807) is 23.1 Å². The molecule has 0 amide bonds. The average molecular weight is 335 g/mol. The zero-order valence-electron chi connectivity index (χ0n) is 13.4. The van der Waals surface area contributed by atoms with Gasteiger partial charge < -0.3 is 5.73 Å². The topological polar surface area (TPSA) is 107 Å². The standard InChI is InChI=1S/C17H17N7O/c18-14(8-12-4-2-1-3-5-12)15-11-23(22-21-15)10-13-9-17(25)24-16(20-13)6-7-19-24/h1-7,9,11,14,19H,8,10,18H2. The second-order valence-electron chi connectivity index (χ2n) is 5.88. The van der Waals surface area contributed by atoms with E-state index in [0.29, 0.717) is 30.0 Å². The molecule has 3 heterocycles. The lowest BCUT2D eigenvalue weighted by Gasteiger charge is -2.07. The van der Waals surface area contributed by atoms with Crippen LogP contribution in [-0.4, -0.2) is 29.6 Å². The van der Waals surface area contributed by atoms with Gasteiger partial charge in [0.05, 0.1) is 30.2 Å². The number of nitrogens with zero attached hydrogens (tertiary/aromatic N) is 5. The molecule has 0 radical (unpaired) electrons. The first kappa shape index (κ1) is 15.3. The number of hydrogen-bond acceptors (Lipinski definition) is 5. The highest BCUT2D eigenvalue weighted by Crippen LogP contribution is 2.13. The average Bonchev–Trinajstić information content (AvgIpc) is 3.25. The van der Waals surface area contributed by atoms with Crippen molar-refractivity contribution >= 4 is 5.65 Å². The first-order valence-electron chi connectivity index (χ1n) is 7.94. The summed E-state index contributed by atoms with van der Waals surface area (Å²) in [7, 11) is 0. The Balaban J connectivity index is 1.51. The molecule has 8 heteroatoms. The van der Waals surface area contributed by atoms with Crippen molar-refractivity contribution in [1.82, 2.24) is 29.6 Å². The molecule has 8 nitrogen and oxygen atoms in total. The lowest BCUT2D eigenvalue weighted by Crippen LogP contribution is -2.16. The molecule has 3 aromatic heterocycles. The molecule has 4 rings (SSSR count). The number of hydrogen-bond donors (Lipinski definition) is 2. The molecule has 1 atom stereocenters. The highest BCUT2D eigenvalue weighted by Gasteiger charge is 2.12. The number of benzene rings is 1. The highest BCUT2D eigenvalue weighted by atomic mass is 16.1. The molecule has 0 bridgehead atoms. The van der Waals surface area contributed by atoms with E-state index in [2.05, 4.69) is 20.4 Å². The Morgan fingerprint density at radius 2 is 2.04 bits per heavy atom. The van der Waals surface area contributed by atoms with E-state index >= 15 is 0 Å². The molecule has 0 aliphatic heterocycles. The van der Waals surface area contributed by atoms with E-state index < -0.39 is 0 Å². The van der Waals surface area contributed by atoms with Crippen LogP contribution >= 0.6 is 0 Å². The second-order valence-corrected chi connectivity index (χ2v) is 5.88. The Hall–Kier alpha value is -3.26. The molecule has 126 valence electrons. The van der Waals surface area contributed by atoms with Crippen LogP contribution < -0.4 is 11.3 Å². The van der Waals surface area contributed by atoms with Gasteiger partial charge in [0, 0.05) is 18.3 Å². The van der Waals surface area contributed by atoms with Crippen molar-refractivity contribution in [2.24, 2.45) is 5.73 Å². The molecule has 0 spiro atoms. The Morgan fingerprint density at radius 1 is 1.20 bits per heavy atom. The lowest BCUT2D eigenvalue weighted by atomic mass is 10.0. The summed E-state index contributed by atoms with van der Waals surface area (Å²) >= 11 is 0. The molecule has 0 aliphatic carbocycles. The largest absolute Gasteiger partial charge is 0.322 e. The Kier molecular flexibility index (Phi) is 3.87. The van der Waals surface area contributed by atoms with Gasteiger partial charge in [0.2, 0.25) is 0 Å². The summed E-state index contributed by atoms with van der Waals surface area (Å²) in [6, 6.07) is 13.0. The van der Waals surface area contributed by atoms with Crippen molar-refractivity contribution in [3.05, 3.63) is 82.2 Å². The lowest BCUT2D eigenvalue weighted by molar-refractivity contribution is 0.634. The molecule has 25 heavy (non-hydrogen) atoms. The first-order chi connectivity index (χ1) is 12.2. The maximum Gasteiger partial charge on any atom is 0.272 e. The fraction of sp³-hybridized carbons (Fsp3) is 0.176. The van der Waals surface area contributed by atoms with Crippen LogP contribution in [0.15, 0.2) is 59.7 Å². The number of H-pyrrole nitrogens is 1. The molecule has 4 aromatic rings. The van der Waals surface area contributed by atoms with Gasteiger partial charge in [-0.15, -0.1) is 5.10 Å². The third-order valence-corrected chi connectivity index (χ3v) is 3.99. The summed E-state index contributed by atoms with van der Waals surface area (Å²) in [4.78, 5) is 16.4. The number of rotatable bonds is 5. The van der Waals surface area contributed by atoms with Gasteiger partial charge in [0.15, 0.2) is 5.65 Å². The third-order valence-electron chi connectivity index (χ3n) is 3.99. The predicted octanol–water partition coefficient (Wildman–Crippen LogP) is 0.905. The monoisotopic (exact) mass is 335 g/mol. The maximum absolute atomic E-state index is 12.0. The zero-order valence-corrected chi connectivity index (χ0v) is 13.4. The minimum atomic E-state index is -0.234. The van der Waals surface area contributed by atoms with Crippen LogP contribution in [0.5, 0.6) is 0 Å². The summed E-state index contributed by atoms with van der Waals surface area (Å²) in [6.45, 7) is 0.363. The maximum atomic E-state index is 12.0.